The van der Waals surface area contributed by atoms with E-state index in [-0.39, 0.29) is 12.0 Å². The quantitative estimate of drug-likeness (QED) is 0.768. The second-order valence-corrected chi connectivity index (χ2v) is 5.19. The van der Waals surface area contributed by atoms with Crippen LogP contribution in [0.4, 0.5) is 0 Å². The highest BCUT2D eigenvalue weighted by atomic mass is 16.5. The van der Waals surface area contributed by atoms with Crippen molar-refractivity contribution in [2.75, 3.05) is 6.61 Å². The summed E-state index contributed by atoms with van der Waals surface area (Å²) < 4.78 is 4.89. The zero-order valence-corrected chi connectivity index (χ0v) is 11.4. The summed E-state index contributed by atoms with van der Waals surface area (Å²) in [6, 6.07) is 9.55. The molecular formula is C15H19NO2. The summed E-state index contributed by atoms with van der Waals surface area (Å²) in [5.41, 5.74) is 1.92. The van der Waals surface area contributed by atoms with Crippen molar-refractivity contribution in [1.29, 1.82) is 5.26 Å². The third kappa shape index (κ3) is 3.33. The Bertz CT molecular complexity index is 449. The molecule has 1 rings (SSSR count). The first-order valence-corrected chi connectivity index (χ1v) is 6.07. The maximum atomic E-state index is 11.6. The fraction of sp³-hybridized carbons (Fsp3) is 0.467. The van der Waals surface area contributed by atoms with E-state index in [0.717, 1.165) is 0 Å². The van der Waals surface area contributed by atoms with E-state index in [0.29, 0.717) is 5.56 Å². The van der Waals surface area contributed by atoms with Crippen LogP contribution in [-0.4, -0.2) is 12.6 Å². The molecule has 0 aromatic heterocycles. The van der Waals surface area contributed by atoms with Gasteiger partial charge in [-0.05, 0) is 23.5 Å². The SMILES string of the molecule is CCOC(=O)[C@H](C#N)c1ccc(C(C)(C)C)cc1. The van der Waals surface area contributed by atoms with E-state index < -0.39 is 11.9 Å². The summed E-state index contributed by atoms with van der Waals surface area (Å²) in [5, 5.41) is 9.05. The fourth-order valence-electron chi connectivity index (χ4n) is 1.66. The van der Waals surface area contributed by atoms with Crippen molar-refractivity contribution >= 4 is 5.97 Å². The van der Waals surface area contributed by atoms with E-state index in [1.165, 1.54) is 5.56 Å². The molecule has 0 aliphatic rings. The lowest BCUT2D eigenvalue weighted by Crippen LogP contribution is -2.15. The van der Waals surface area contributed by atoms with Crippen molar-refractivity contribution in [1.82, 2.24) is 0 Å². The van der Waals surface area contributed by atoms with Gasteiger partial charge in [-0.25, -0.2) is 0 Å². The molecule has 0 saturated carbocycles. The average Bonchev–Trinajstić information content (AvgIpc) is 2.30. The molecule has 0 heterocycles. The molecule has 0 amide bonds. The van der Waals surface area contributed by atoms with Crippen LogP contribution in [0.2, 0.25) is 0 Å². The Labute approximate surface area is 108 Å². The molecular weight excluding hydrogens is 226 g/mol. The minimum absolute atomic E-state index is 0.0601. The molecule has 0 aliphatic heterocycles. The summed E-state index contributed by atoms with van der Waals surface area (Å²) in [7, 11) is 0. The maximum absolute atomic E-state index is 11.6. The molecule has 3 heteroatoms. The molecule has 0 fully saturated rings. The Balaban J connectivity index is 2.97. The van der Waals surface area contributed by atoms with E-state index in [2.05, 4.69) is 20.8 Å². The number of esters is 1. The second-order valence-electron chi connectivity index (χ2n) is 5.19. The Morgan fingerprint density at radius 1 is 1.33 bits per heavy atom. The molecule has 0 aliphatic carbocycles. The Morgan fingerprint density at radius 2 is 1.89 bits per heavy atom. The van der Waals surface area contributed by atoms with Gasteiger partial charge in [0.15, 0.2) is 5.92 Å². The molecule has 96 valence electrons. The summed E-state index contributed by atoms with van der Waals surface area (Å²) in [4.78, 5) is 11.6. The van der Waals surface area contributed by atoms with E-state index in [4.69, 9.17) is 10.00 Å². The predicted molar refractivity (Wildman–Crippen MR) is 70.1 cm³/mol. The molecule has 0 N–H and O–H groups in total. The Kier molecular flexibility index (Phi) is 4.49. The zero-order chi connectivity index (χ0) is 13.8. The minimum Gasteiger partial charge on any atom is -0.465 e. The van der Waals surface area contributed by atoms with Crippen molar-refractivity contribution < 1.29 is 9.53 Å². The number of nitrogens with zero attached hydrogens (tertiary/aromatic N) is 1. The number of nitriles is 1. The third-order valence-electron chi connectivity index (χ3n) is 2.76. The van der Waals surface area contributed by atoms with Crippen molar-refractivity contribution in [2.24, 2.45) is 0 Å². The Morgan fingerprint density at radius 3 is 2.28 bits per heavy atom. The van der Waals surface area contributed by atoms with Gasteiger partial charge in [-0.3, -0.25) is 4.79 Å². The van der Waals surface area contributed by atoms with Gasteiger partial charge in [-0.15, -0.1) is 0 Å². The van der Waals surface area contributed by atoms with Crippen LogP contribution < -0.4 is 0 Å². The minimum atomic E-state index is -0.834. The van der Waals surface area contributed by atoms with E-state index >= 15 is 0 Å². The third-order valence-corrected chi connectivity index (χ3v) is 2.76. The van der Waals surface area contributed by atoms with E-state index in [9.17, 15) is 4.79 Å². The predicted octanol–water partition coefficient (Wildman–Crippen LogP) is 3.15. The van der Waals surface area contributed by atoms with Crippen LogP contribution in [0.15, 0.2) is 24.3 Å². The molecule has 0 radical (unpaired) electrons. The fourth-order valence-corrected chi connectivity index (χ4v) is 1.66. The topological polar surface area (TPSA) is 50.1 Å². The van der Waals surface area contributed by atoms with Gasteiger partial charge >= 0.3 is 5.97 Å². The van der Waals surface area contributed by atoms with Gasteiger partial charge in [0.2, 0.25) is 0 Å². The largest absolute Gasteiger partial charge is 0.465 e. The summed E-state index contributed by atoms with van der Waals surface area (Å²) >= 11 is 0. The number of hydrogen-bond donors (Lipinski definition) is 0. The average molecular weight is 245 g/mol. The molecule has 3 nitrogen and oxygen atoms in total. The molecule has 18 heavy (non-hydrogen) atoms. The number of carbonyl (C=O) groups excluding carboxylic acids is 1. The first-order chi connectivity index (χ1) is 8.40. The van der Waals surface area contributed by atoms with Gasteiger partial charge < -0.3 is 4.74 Å². The van der Waals surface area contributed by atoms with Crippen LogP contribution in [0, 0.1) is 11.3 Å². The van der Waals surface area contributed by atoms with Crippen molar-refractivity contribution in [2.45, 2.75) is 39.0 Å². The lowest BCUT2D eigenvalue weighted by molar-refractivity contribution is -0.143. The highest BCUT2D eigenvalue weighted by molar-refractivity contribution is 5.81. The number of carbonyl (C=O) groups is 1. The van der Waals surface area contributed by atoms with Gasteiger partial charge in [0.1, 0.15) is 0 Å². The van der Waals surface area contributed by atoms with Crippen LogP contribution >= 0.6 is 0 Å². The van der Waals surface area contributed by atoms with Crippen LogP contribution in [0.3, 0.4) is 0 Å². The number of benzene rings is 1. The molecule has 0 unspecified atom stereocenters. The van der Waals surface area contributed by atoms with Gasteiger partial charge in [0, 0.05) is 0 Å². The number of ether oxygens (including phenoxy) is 1. The van der Waals surface area contributed by atoms with E-state index in [1.807, 2.05) is 30.3 Å². The highest BCUT2D eigenvalue weighted by Crippen LogP contribution is 2.24. The lowest BCUT2D eigenvalue weighted by Gasteiger charge is -2.19. The monoisotopic (exact) mass is 245 g/mol. The maximum Gasteiger partial charge on any atom is 0.327 e. The van der Waals surface area contributed by atoms with E-state index in [1.54, 1.807) is 6.92 Å². The standard InChI is InChI=1S/C15H19NO2/c1-5-18-14(17)13(10-16)11-6-8-12(9-7-11)15(2,3)4/h6-9,13H,5H2,1-4H3/t13-/m1/s1. The molecule has 0 saturated heterocycles. The molecule has 0 spiro atoms. The van der Waals surface area contributed by atoms with Gasteiger partial charge in [-0.1, -0.05) is 45.0 Å². The van der Waals surface area contributed by atoms with Gasteiger partial charge in [0.25, 0.3) is 0 Å². The summed E-state index contributed by atoms with van der Waals surface area (Å²) in [6.45, 7) is 8.38. The van der Waals surface area contributed by atoms with Crippen molar-refractivity contribution in [3.05, 3.63) is 35.4 Å². The van der Waals surface area contributed by atoms with Crippen molar-refractivity contribution in [3.63, 3.8) is 0 Å². The van der Waals surface area contributed by atoms with Gasteiger partial charge in [0.05, 0.1) is 12.7 Å². The number of hydrogen-bond acceptors (Lipinski definition) is 3. The molecule has 1 aromatic rings. The highest BCUT2D eigenvalue weighted by Gasteiger charge is 2.22. The molecule has 1 atom stereocenters. The van der Waals surface area contributed by atoms with Crippen LogP contribution in [-0.2, 0) is 14.9 Å². The van der Waals surface area contributed by atoms with Crippen LogP contribution in [0.5, 0.6) is 0 Å². The number of rotatable bonds is 3. The lowest BCUT2D eigenvalue weighted by atomic mass is 9.86. The first kappa shape index (κ1) is 14.2. The smallest absolute Gasteiger partial charge is 0.327 e. The van der Waals surface area contributed by atoms with Crippen LogP contribution in [0.1, 0.15) is 44.7 Å². The van der Waals surface area contributed by atoms with Crippen molar-refractivity contribution in [3.8, 4) is 6.07 Å². The van der Waals surface area contributed by atoms with Gasteiger partial charge in [-0.2, -0.15) is 5.26 Å². The summed E-state index contributed by atoms with van der Waals surface area (Å²) in [6.07, 6.45) is 0. The normalized spacial score (nSPS) is 12.6. The summed E-state index contributed by atoms with van der Waals surface area (Å²) in [5.74, 6) is -1.32. The first-order valence-electron chi connectivity index (χ1n) is 6.07. The molecule has 1 aromatic carbocycles. The zero-order valence-electron chi connectivity index (χ0n) is 11.4. The molecule has 0 bridgehead atoms. The Hall–Kier alpha value is -1.82. The van der Waals surface area contributed by atoms with Crippen LogP contribution in [0.25, 0.3) is 0 Å². The second kappa shape index (κ2) is 5.68.